The van der Waals surface area contributed by atoms with Crippen LogP contribution in [0.1, 0.15) is 41.6 Å². The summed E-state index contributed by atoms with van der Waals surface area (Å²) in [6.45, 7) is 5.79. The number of hydrogen-bond donors (Lipinski definition) is 3. The molecule has 2 amide bonds. The van der Waals surface area contributed by atoms with Crippen molar-refractivity contribution < 1.29 is 19.4 Å². The maximum absolute atomic E-state index is 13.1. The molecule has 2 atom stereocenters. The Kier molecular flexibility index (Phi) is 7.52. The normalized spacial score (nSPS) is 15.7. The fourth-order valence-electron chi connectivity index (χ4n) is 4.65. The lowest BCUT2D eigenvalue weighted by atomic mass is 9.94. The number of aromatic hydroxyl groups is 1. The number of nitrogens with one attached hydrogen (secondary N) is 1. The van der Waals surface area contributed by atoms with Gasteiger partial charge in [0.15, 0.2) is 0 Å². The minimum atomic E-state index is -0.769. The zero-order chi connectivity index (χ0) is 26.0. The Morgan fingerprint density at radius 3 is 2.39 bits per heavy atom. The van der Waals surface area contributed by atoms with E-state index >= 15 is 0 Å². The van der Waals surface area contributed by atoms with Gasteiger partial charge in [-0.15, -0.1) is 0 Å². The van der Waals surface area contributed by atoms with E-state index in [2.05, 4.69) is 5.32 Å². The minimum Gasteiger partial charge on any atom is -0.508 e. The fourth-order valence-corrected chi connectivity index (χ4v) is 4.78. The summed E-state index contributed by atoms with van der Waals surface area (Å²) in [7, 11) is 0. The van der Waals surface area contributed by atoms with Crippen molar-refractivity contribution in [2.75, 3.05) is 11.4 Å². The largest absolute Gasteiger partial charge is 0.508 e. The van der Waals surface area contributed by atoms with E-state index in [1.807, 2.05) is 26.0 Å². The van der Waals surface area contributed by atoms with E-state index in [9.17, 15) is 14.7 Å². The van der Waals surface area contributed by atoms with Crippen molar-refractivity contribution >= 4 is 29.1 Å². The Labute approximate surface area is 215 Å². The molecule has 1 aliphatic heterocycles. The standard InChI is InChI=1S/C28H30ClN3O4/c1-16-12-20(34)13-17(2)23(16)15-25(30)28(35)31-26-10-11-32(18(3)33)27-9-8-22(14-24(26)27)36-21-6-4-19(29)5-7-21/h4-9,12-14,25-26,34H,10-11,15,30H2,1-3H3,(H,31,35)/t25-,26+/m0/s1. The van der Waals surface area contributed by atoms with Crippen LogP contribution in [0.4, 0.5) is 5.69 Å². The lowest BCUT2D eigenvalue weighted by Gasteiger charge is -2.35. The number of rotatable bonds is 6. The molecule has 0 spiro atoms. The van der Waals surface area contributed by atoms with E-state index < -0.39 is 6.04 Å². The van der Waals surface area contributed by atoms with Gasteiger partial charge in [0, 0.05) is 29.7 Å². The van der Waals surface area contributed by atoms with Crippen LogP contribution in [0.25, 0.3) is 0 Å². The van der Waals surface area contributed by atoms with E-state index in [-0.39, 0.29) is 23.6 Å². The number of aryl methyl sites for hydroxylation is 2. The van der Waals surface area contributed by atoms with Gasteiger partial charge in [-0.3, -0.25) is 9.59 Å². The number of halogens is 1. The van der Waals surface area contributed by atoms with Crippen LogP contribution in [0.3, 0.4) is 0 Å². The van der Waals surface area contributed by atoms with E-state index in [1.54, 1.807) is 47.4 Å². The van der Waals surface area contributed by atoms with Gasteiger partial charge in [0.05, 0.1) is 12.1 Å². The van der Waals surface area contributed by atoms with Gasteiger partial charge in [-0.2, -0.15) is 0 Å². The molecule has 0 radical (unpaired) electrons. The molecule has 0 bridgehead atoms. The number of hydrogen-bond acceptors (Lipinski definition) is 5. The molecular weight excluding hydrogens is 478 g/mol. The first-order chi connectivity index (χ1) is 17.1. The second kappa shape index (κ2) is 10.6. The molecule has 4 rings (SSSR count). The van der Waals surface area contributed by atoms with Crippen LogP contribution in [0.2, 0.25) is 5.02 Å². The zero-order valence-corrected chi connectivity index (χ0v) is 21.3. The number of anilines is 1. The number of carbonyl (C=O) groups is 2. The number of amides is 2. The van der Waals surface area contributed by atoms with Crippen molar-refractivity contribution in [3.63, 3.8) is 0 Å². The average molecular weight is 508 g/mol. The topological polar surface area (TPSA) is 105 Å². The van der Waals surface area contributed by atoms with Crippen LogP contribution in [0.5, 0.6) is 17.2 Å². The lowest BCUT2D eigenvalue weighted by molar-refractivity contribution is -0.123. The third kappa shape index (κ3) is 5.64. The minimum absolute atomic E-state index is 0.0672. The zero-order valence-electron chi connectivity index (χ0n) is 20.5. The summed E-state index contributed by atoms with van der Waals surface area (Å²) in [6, 6.07) is 14.8. The Morgan fingerprint density at radius 1 is 1.11 bits per heavy atom. The van der Waals surface area contributed by atoms with Gasteiger partial charge in [0.2, 0.25) is 11.8 Å². The van der Waals surface area contributed by atoms with E-state index in [1.165, 1.54) is 6.92 Å². The third-order valence-corrected chi connectivity index (χ3v) is 6.75. The first-order valence-electron chi connectivity index (χ1n) is 11.8. The van der Waals surface area contributed by atoms with Crippen molar-refractivity contribution in [2.24, 2.45) is 5.73 Å². The van der Waals surface area contributed by atoms with Crippen LogP contribution in [0, 0.1) is 13.8 Å². The van der Waals surface area contributed by atoms with Gasteiger partial charge in [0.1, 0.15) is 17.2 Å². The van der Waals surface area contributed by atoms with Gasteiger partial charge in [0.25, 0.3) is 0 Å². The highest BCUT2D eigenvalue weighted by molar-refractivity contribution is 6.30. The fraction of sp³-hybridized carbons (Fsp3) is 0.286. The highest BCUT2D eigenvalue weighted by Gasteiger charge is 2.30. The number of fused-ring (bicyclic) bond motifs is 1. The second-order valence-corrected chi connectivity index (χ2v) is 9.60. The predicted octanol–water partition coefficient (Wildman–Crippen LogP) is 4.94. The predicted molar refractivity (Wildman–Crippen MR) is 141 cm³/mol. The van der Waals surface area contributed by atoms with Crippen molar-refractivity contribution in [2.45, 2.75) is 45.7 Å². The molecule has 3 aromatic carbocycles. The number of carbonyl (C=O) groups excluding carboxylic acids is 2. The van der Waals surface area contributed by atoms with E-state index in [0.717, 1.165) is 27.9 Å². The molecule has 188 valence electrons. The Bertz CT molecular complexity index is 1270. The lowest BCUT2D eigenvalue weighted by Crippen LogP contribution is -2.46. The molecule has 0 fully saturated rings. The summed E-state index contributed by atoms with van der Waals surface area (Å²) in [5, 5.41) is 13.5. The van der Waals surface area contributed by atoms with Crippen LogP contribution >= 0.6 is 11.6 Å². The molecular formula is C28H30ClN3O4. The second-order valence-electron chi connectivity index (χ2n) is 9.17. The number of phenols is 1. The van der Waals surface area contributed by atoms with Crippen LogP contribution < -0.4 is 20.7 Å². The molecule has 0 unspecified atom stereocenters. The van der Waals surface area contributed by atoms with Gasteiger partial charge in [-0.25, -0.2) is 0 Å². The average Bonchev–Trinajstić information content (AvgIpc) is 2.82. The molecule has 8 heteroatoms. The van der Waals surface area contributed by atoms with E-state index in [4.69, 9.17) is 22.1 Å². The molecule has 0 saturated carbocycles. The monoisotopic (exact) mass is 507 g/mol. The van der Waals surface area contributed by atoms with Crippen LogP contribution in [0.15, 0.2) is 54.6 Å². The summed E-state index contributed by atoms with van der Waals surface area (Å²) in [6.07, 6.45) is 0.898. The molecule has 1 heterocycles. The van der Waals surface area contributed by atoms with Gasteiger partial charge >= 0.3 is 0 Å². The van der Waals surface area contributed by atoms with Crippen molar-refractivity contribution in [3.8, 4) is 17.2 Å². The van der Waals surface area contributed by atoms with E-state index in [0.29, 0.717) is 35.9 Å². The Morgan fingerprint density at radius 2 is 1.75 bits per heavy atom. The number of nitrogens with two attached hydrogens (primary N) is 1. The summed E-state index contributed by atoms with van der Waals surface area (Å²) in [5.74, 6) is 1.05. The summed E-state index contributed by atoms with van der Waals surface area (Å²) >= 11 is 5.97. The number of benzene rings is 3. The van der Waals surface area contributed by atoms with Crippen LogP contribution in [-0.2, 0) is 16.0 Å². The third-order valence-electron chi connectivity index (χ3n) is 6.49. The Balaban J connectivity index is 1.56. The SMILES string of the molecule is CC(=O)N1CC[C@@H](NC(=O)[C@@H](N)Cc2c(C)cc(O)cc2C)c2cc(Oc3ccc(Cl)cc3)ccc21. The highest BCUT2D eigenvalue weighted by atomic mass is 35.5. The molecule has 7 nitrogen and oxygen atoms in total. The quantitative estimate of drug-likeness (QED) is 0.438. The van der Waals surface area contributed by atoms with Crippen molar-refractivity contribution in [1.29, 1.82) is 0 Å². The molecule has 0 saturated heterocycles. The molecule has 1 aliphatic rings. The summed E-state index contributed by atoms with van der Waals surface area (Å²) in [5.41, 5.74) is 10.6. The van der Waals surface area contributed by atoms with Gasteiger partial charge in [-0.1, -0.05) is 11.6 Å². The van der Waals surface area contributed by atoms with Gasteiger partial charge in [-0.05, 0) is 98.0 Å². The van der Waals surface area contributed by atoms with Gasteiger partial charge < -0.3 is 25.8 Å². The first-order valence-corrected chi connectivity index (χ1v) is 12.2. The summed E-state index contributed by atoms with van der Waals surface area (Å²) < 4.78 is 5.99. The molecule has 36 heavy (non-hydrogen) atoms. The number of phenolic OH excluding ortho intramolecular Hbond substituents is 1. The maximum Gasteiger partial charge on any atom is 0.237 e. The molecule has 0 aromatic heterocycles. The smallest absolute Gasteiger partial charge is 0.237 e. The molecule has 3 aromatic rings. The first kappa shape index (κ1) is 25.5. The maximum atomic E-state index is 13.1. The summed E-state index contributed by atoms with van der Waals surface area (Å²) in [4.78, 5) is 27.1. The van der Waals surface area contributed by atoms with Crippen molar-refractivity contribution in [1.82, 2.24) is 5.32 Å². The molecule has 4 N–H and O–H groups in total. The highest BCUT2D eigenvalue weighted by Crippen LogP contribution is 2.38. The van der Waals surface area contributed by atoms with Crippen LogP contribution in [-0.4, -0.2) is 29.5 Å². The number of nitrogens with zero attached hydrogens (tertiary/aromatic N) is 1. The van der Waals surface area contributed by atoms with Crippen molar-refractivity contribution in [3.05, 3.63) is 81.9 Å². The number of ether oxygens (including phenoxy) is 1. The molecule has 0 aliphatic carbocycles. The Hall–Kier alpha value is -3.55.